The van der Waals surface area contributed by atoms with Gasteiger partial charge in [0.2, 0.25) is 0 Å². The molecule has 1 rings (SSSR count). The molecule has 0 aliphatic heterocycles. The van der Waals surface area contributed by atoms with Crippen LogP contribution in [-0.2, 0) is 6.42 Å². The first-order chi connectivity index (χ1) is 6.77. The topological polar surface area (TPSA) is 0 Å². The summed E-state index contributed by atoms with van der Waals surface area (Å²) >= 11 is 0. The molecule has 0 aliphatic rings. The minimum Gasteiger partial charge on any atom is -0.0991 e. The number of rotatable bonds is 4. The third kappa shape index (κ3) is 2.74. The standard InChI is InChI=1S/C14H16/c1-4-6-7-12(3)14-10-8-13(5-2)9-11-14/h4,6-11H,1,3,5H2,2H3/b7-6-. The van der Waals surface area contributed by atoms with Crippen molar-refractivity contribution >= 4 is 5.57 Å². The summed E-state index contributed by atoms with van der Waals surface area (Å²) in [7, 11) is 0. The molecule has 0 aromatic heterocycles. The molecule has 14 heavy (non-hydrogen) atoms. The zero-order valence-corrected chi connectivity index (χ0v) is 8.66. The van der Waals surface area contributed by atoms with E-state index in [1.165, 1.54) is 11.1 Å². The number of hydrogen-bond donors (Lipinski definition) is 0. The van der Waals surface area contributed by atoms with Gasteiger partial charge in [0.15, 0.2) is 0 Å². The Hall–Kier alpha value is -1.56. The zero-order chi connectivity index (χ0) is 10.4. The van der Waals surface area contributed by atoms with Gasteiger partial charge in [-0.3, -0.25) is 0 Å². The van der Waals surface area contributed by atoms with Crippen LogP contribution in [0.3, 0.4) is 0 Å². The Balaban J connectivity index is 2.81. The van der Waals surface area contributed by atoms with Gasteiger partial charge in [-0.1, -0.05) is 62.6 Å². The first-order valence-electron chi connectivity index (χ1n) is 4.85. The predicted molar refractivity (Wildman–Crippen MR) is 64.2 cm³/mol. The van der Waals surface area contributed by atoms with Gasteiger partial charge in [-0.2, -0.15) is 0 Å². The highest BCUT2D eigenvalue weighted by Gasteiger charge is 1.94. The van der Waals surface area contributed by atoms with Gasteiger partial charge in [-0.15, -0.1) is 0 Å². The fourth-order valence-electron chi connectivity index (χ4n) is 1.23. The SMILES string of the molecule is C=C/C=C\C(=C)c1ccc(CC)cc1. The second-order valence-corrected chi connectivity index (χ2v) is 3.17. The zero-order valence-electron chi connectivity index (χ0n) is 8.66. The van der Waals surface area contributed by atoms with Crippen molar-refractivity contribution in [1.82, 2.24) is 0 Å². The van der Waals surface area contributed by atoms with E-state index in [9.17, 15) is 0 Å². The lowest BCUT2D eigenvalue weighted by Crippen LogP contribution is -1.82. The van der Waals surface area contributed by atoms with Crippen LogP contribution < -0.4 is 0 Å². The fraction of sp³-hybridized carbons (Fsp3) is 0.143. The van der Waals surface area contributed by atoms with Crippen LogP contribution in [0.5, 0.6) is 0 Å². The molecular weight excluding hydrogens is 168 g/mol. The summed E-state index contributed by atoms with van der Waals surface area (Å²) in [5, 5.41) is 0. The van der Waals surface area contributed by atoms with Gasteiger partial charge in [0, 0.05) is 0 Å². The first-order valence-corrected chi connectivity index (χ1v) is 4.85. The van der Waals surface area contributed by atoms with Crippen LogP contribution in [-0.4, -0.2) is 0 Å². The quantitative estimate of drug-likeness (QED) is 0.620. The van der Waals surface area contributed by atoms with Crippen LogP contribution in [0.2, 0.25) is 0 Å². The van der Waals surface area contributed by atoms with Crippen LogP contribution in [0.15, 0.2) is 55.7 Å². The average Bonchev–Trinajstić information content (AvgIpc) is 2.26. The highest BCUT2D eigenvalue weighted by molar-refractivity contribution is 5.72. The van der Waals surface area contributed by atoms with Crippen molar-refractivity contribution < 1.29 is 0 Å². The molecule has 0 nitrogen and oxygen atoms in total. The first kappa shape index (κ1) is 10.5. The molecule has 0 spiro atoms. The third-order valence-corrected chi connectivity index (χ3v) is 2.17. The van der Waals surface area contributed by atoms with E-state index >= 15 is 0 Å². The number of benzene rings is 1. The van der Waals surface area contributed by atoms with Crippen molar-refractivity contribution in [3.05, 3.63) is 66.8 Å². The molecule has 0 unspecified atom stereocenters. The molecule has 1 aromatic rings. The van der Waals surface area contributed by atoms with Gasteiger partial charge in [0.25, 0.3) is 0 Å². The van der Waals surface area contributed by atoms with E-state index < -0.39 is 0 Å². The monoisotopic (exact) mass is 184 g/mol. The average molecular weight is 184 g/mol. The van der Waals surface area contributed by atoms with Crippen LogP contribution in [0.1, 0.15) is 18.1 Å². The lowest BCUT2D eigenvalue weighted by Gasteiger charge is -2.01. The molecule has 0 amide bonds. The van der Waals surface area contributed by atoms with E-state index in [1.807, 2.05) is 12.2 Å². The molecule has 0 fully saturated rings. The Bertz CT molecular complexity index is 339. The van der Waals surface area contributed by atoms with Gasteiger partial charge < -0.3 is 0 Å². The number of allylic oxidation sites excluding steroid dienone is 4. The van der Waals surface area contributed by atoms with E-state index in [2.05, 4.69) is 44.3 Å². The second kappa shape index (κ2) is 5.23. The maximum atomic E-state index is 3.98. The second-order valence-electron chi connectivity index (χ2n) is 3.17. The summed E-state index contributed by atoms with van der Waals surface area (Å²) in [5.74, 6) is 0. The molecule has 72 valence electrons. The summed E-state index contributed by atoms with van der Waals surface area (Å²) < 4.78 is 0. The molecule has 0 saturated heterocycles. The van der Waals surface area contributed by atoms with E-state index in [1.54, 1.807) is 6.08 Å². The van der Waals surface area contributed by atoms with Crippen molar-refractivity contribution in [2.24, 2.45) is 0 Å². The summed E-state index contributed by atoms with van der Waals surface area (Å²) in [4.78, 5) is 0. The highest BCUT2D eigenvalue weighted by Crippen LogP contribution is 2.14. The van der Waals surface area contributed by atoms with Gasteiger partial charge >= 0.3 is 0 Å². The smallest absolute Gasteiger partial charge is 0.0190 e. The van der Waals surface area contributed by atoms with E-state index in [4.69, 9.17) is 0 Å². The number of aryl methyl sites for hydroxylation is 1. The summed E-state index contributed by atoms with van der Waals surface area (Å²) in [5.41, 5.74) is 3.54. The van der Waals surface area contributed by atoms with E-state index in [-0.39, 0.29) is 0 Å². The Morgan fingerprint density at radius 2 is 1.93 bits per heavy atom. The van der Waals surface area contributed by atoms with Crippen LogP contribution in [0, 0.1) is 0 Å². The maximum absolute atomic E-state index is 3.98. The molecule has 0 aliphatic carbocycles. The maximum Gasteiger partial charge on any atom is -0.0190 e. The summed E-state index contributed by atoms with van der Waals surface area (Å²) in [6.45, 7) is 9.76. The van der Waals surface area contributed by atoms with E-state index in [0.717, 1.165) is 12.0 Å². The molecule has 0 heterocycles. The molecule has 0 atom stereocenters. The molecule has 0 N–H and O–H groups in total. The Kier molecular flexibility index (Phi) is 3.93. The molecular formula is C14H16. The largest absolute Gasteiger partial charge is 0.0991 e. The Labute approximate surface area is 86.3 Å². The van der Waals surface area contributed by atoms with Crippen molar-refractivity contribution in [1.29, 1.82) is 0 Å². The lowest BCUT2D eigenvalue weighted by atomic mass is 10.0. The summed E-state index contributed by atoms with van der Waals surface area (Å²) in [6, 6.07) is 8.49. The Morgan fingerprint density at radius 1 is 1.29 bits per heavy atom. The van der Waals surface area contributed by atoms with Gasteiger partial charge in [-0.05, 0) is 23.1 Å². The van der Waals surface area contributed by atoms with Crippen LogP contribution in [0.25, 0.3) is 5.57 Å². The van der Waals surface area contributed by atoms with Gasteiger partial charge in [0.1, 0.15) is 0 Å². The number of hydrogen-bond acceptors (Lipinski definition) is 0. The molecule has 0 saturated carbocycles. The lowest BCUT2D eigenvalue weighted by molar-refractivity contribution is 1.14. The molecule has 0 bridgehead atoms. The van der Waals surface area contributed by atoms with Crippen molar-refractivity contribution in [3.8, 4) is 0 Å². The van der Waals surface area contributed by atoms with Crippen molar-refractivity contribution in [2.45, 2.75) is 13.3 Å². The van der Waals surface area contributed by atoms with E-state index in [0.29, 0.717) is 0 Å². The molecule has 0 heteroatoms. The van der Waals surface area contributed by atoms with Crippen LogP contribution in [0.4, 0.5) is 0 Å². The van der Waals surface area contributed by atoms with Crippen molar-refractivity contribution in [3.63, 3.8) is 0 Å². The van der Waals surface area contributed by atoms with Gasteiger partial charge in [0.05, 0.1) is 0 Å². The van der Waals surface area contributed by atoms with Crippen molar-refractivity contribution in [2.75, 3.05) is 0 Å². The Morgan fingerprint density at radius 3 is 2.43 bits per heavy atom. The minimum absolute atomic E-state index is 1.02. The highest BCUT2D eigenvalue weighted by atomic mass is 14.0. The predicted octanol–water partition coefficient (Wildman–Crippen LogP) is 4.00. The molecule has 0 radical (unpaired) electrons. The van der Waals surface area contributed by atoms with Gasteiger partial charge in [-0.25, -0.2) is 0 Å². The molecule has 1 aromatic carbocycles. The fourth-order valence-corrected chi connectivity index (χ4v) is 1.23. The third-order valence-electron chi connectivity index (χ3n) is 2.17. The normalized spacial score (nSPS) is 10.4. The summed E-state index contributed by atoms with van der Waals surface area (Å²) in [6.07, 6.45) is 6.70. The van der Waals surface area contributed by atoms with Crippen LogP contribution >= 0.6 is 0 Å². The minimum atomic E-state index is 1.02.